The fourth-order valence-electron chi connectivity index (χ4n) is 5.08. The standard InChI is InChI=1S/C24H30N6O2S/c1-25-23(31)17-5-6-19(21(13-17)33-2)29-10-8-28(9-11-29)15-16-12-18-22(26-14-16)20-4-3-7-30(20)24(32)27-18/h5-6,12-14,20H,3-4,7-11,15H2,1-2H3,(H,25,31)(H,27,32). The zero-order valence-corrected chi connectivity index (χ0v) is 20.0. The molecule has 8 nitrogen and oxygen atoms in total. The molecule has 0 saturated carbocycles. The smallest absolute Gasteiger partial charge is 0.322 e. The van der Waals surface area contributed by atoms with E-state index < -0.39 is 0 Å². The summed E-state index contributed by atoms with van der Waals surface area (Å²) in [5, 5.41) is 5.73. The second-order valence-electron chi connectivity index (χ2n) is 8.79. The van der Waals surface area contributed by atoms with Crippen molar-refractivity contribution >= 4 is 35.1 Å². The molecule has 174 valence electrons. The van der Waals surface area contributed by atoms with Crippen LogP contribution in [0, 0.1) is 0 Å². The van der Waals surface area contributed by atoms with Gasteiger partial charge in [-0.3, -0.25) is 14.7 Å². The van der Waals surface area contributed by atoms with E-state index in [9.17, 15) is 9.59 Å². The third-order valence-electron chi connectivity index (χ3n) is 6.83. The Kier molecular flexibility index (Phi) is 6.16. The summed E-state index contributed by atoms with van der Waals surface area (Å²) < 4.78 is 0. The van der Waals surface area contributed by atoms with Crippen LogP contribution in [0.1, 0.15) is 40.5 Å². The van der Waals surface area contributed by atoms with Gasteiger partial charge in [0.25, 0.3) is 5.91 Å². The number of fused-ring (bicyclic) bond motifs is 3. The van der Waals surface area contributed by atoms with Crippen LogP contribution in [0.2, 0.25) is 0 Å². The molecule has 0 aliphatic carbocycles. The maximum absolute atomic E-state index is 12.4. The minimum Gasteiger partial charge on any atom is -0.368 e. The minimum absolute atomic E-state index is 0.00426. The Morgan fingerprint density at radius 3 is 2.79 bits per heavy atom. The summed E-state index contributed by atoms with van der Waals surface area (Å²) in [5.41, 5.74) is 4.89. The van der Waals surface area contributed by atoms with Crippen molar-refractivity contribution in [2.75, 3.05) is 56.2 Å². The average molecular weight is 467 g/mol. The zero-order chi connectivity index (χ0) is 22.9. The topological polar surface area (TPSA) is 80.8 Å². The molecule has 3 aliphatic rings. The molecule has 0 radical (unpaired) electrons. The molecule has 1 aromatic carbocycles. The van der Waals surface area contributed by atoms with Crippen LogP contribution in [0.25, 0.3) is 0 Å². The van der Waals surface area contributed by atoms with E-state index in [1.54, 1.807) is 18.8 Å². The molecule has 4 heterocycles. The summed E-state index contributed by atoms with van der Waals surface area (Å²) in [6, 6.07) is 8.18. The second kappa shape index (κ2) is 9.23. The van der Waals surface area contributed by atoms with Gasteiger partial charge in [0.15, 0.2) is 0 Å². The number of thioether (sulfide) groups is 1. The highest BCUT2D eigenvalue weighted by atomic mass is 32.2. The summed E-state index contributed by atoms with van der Waals surface area (Å²) in [6.07, 6.45) is 6.06. The van der Waals surface area contributed by atoms with E-state index in [2.05, 4.69) is 38.8 Å². The van der Waals surface area contributed by atoms with Crippen molar-refractivity contribution in [2.45, 2.75) is 30.3 Å². The van der Waals surface area contributed by atoms with Crippen molar-refractivity contribution in [1.29, 1.82) is 0 Å². The Labute approximate surface area is 198 Å². The van der Waals surface area contributed by atoms with Crippen molar-refractivity contribution in [1.82, 2.24) is 20.1 Å². The Hall–Kier alpha value is -2.78. The summed E-state index contributed by atoms with van der Waals surface area (Å²) >= 11 is 1.67. The van der Waals surface area contributed by atoms with Crippen LogP contribution in [-0.2, 0) is 6.54 Å². The number of benzene rings is 1. The van der Waals surface area contributed by atoms with Gasteiger partial charge in [-0.25, -0.2) is 4.79 Å². The van der Waals surface area contributed by atoms with Crippen LogP contribution in [0.5, 0.6) is 0 Å². The molecule has 1 aromatic heterocycles. The molecule has 9 heteroatoms. The molecule has 5 rings (SSSR count). The number of hydrogen-bond donors (Lipinski definition) is 2. The molecule has 2 N–H and O–H groups in total. The molecule has 0 spiro atoms. The fourth-order valence-corrected chi connectivity index (χ4v) is 5.73. The average Bonchev–Trinajstić information content (AvgIpc) is 3.34. The van der Waals surface area contributed by atoms with Crippen LogP contribution in [0.15, 0.2) is 35.4 Å². The van der Waals surface area contributed by atoms with E-state index in [-0.39, 0.29) is 18.0 Å². The monoisotopic (exact) mass is 466 g/mol. The van der Waals surface area contributed by atoms with Gasteiger partial charge in [0, 0.05) is 63.0 Å². The number of carbonyl (C=O) groups excluding carboxylic acids is 2. The maximum Gasteiger partial charge on any atom is 0.322 e. The molecule has 0 bridgehead atoms. The summed E-state index contributed by atoms with van der Waals surface area (Å²) in [6.45, 7) is 5.40. The molecule has 1 unspecified atom stereocenters. The Morgan fingerprint density at radius 1 is 1.21 bits per heavy atom. The molecule has 1 atom stereocenters. The number of pyridine rings is 1. The van der Waals surface area contributed by atoms with Crippen molar-refractivity contribution in [3.8, 4) is 0 Å². The first-order valence-electron chi connectivity index (χ1n) is 11.5. The molecule has 2 saturated heterocycles. The lowest BCUT2D eigenvalue weighted by Crippen LogP contribution is -2.46. The minimum atomic E-state index is -0.0582. The number of nitrogens with one attached hydrogen (secondary N) is 2. The maximum atomic E-state index is 12.4. The van der Waals surface area contributed by atoms with Gasteiger partial charge < -0.3 is 20.4 Å². The van der Waals surface area contributed by atoms with E-state index in [0.29, 0.717) is 5.56 Å². The summed E-state index contributed by atoms with van der Waals surface area (Å²) in [4.78, 5) is 37.0. The van der Waals surface area contributed by atoms with Crippen molar-refractivity contribution < 1.29 is 9.59 Å². The van der Waals surface area contributed by atoms with Crippen LogP contribution in [0.4, 0.5) is 16.2 Å². The fraction of sp³-hybridized carbons (Fsp3) is 0.458. The highest BCUT2D eigenvalue weighted by Crippen LogP contribution is 2.39. The predicted octanol–water partition coefficient (Wildman–Crippen LogP) is 3.17. The number of hydrogen-bond acceptors (Lipinski definition) is 6. The normalized spacial score (nSPS) is 20.3. The zero-order valence-electron chi connectivity index (χ0n) is 19.1. The van der Waals surface area contributed by atoms with Crippen LogP contribution >= 0.6 is 11.8 Å². The highest BCUT2D eigenvalue weighted by molar-refractivity contribution is 7.98. The van der Waals surface area contributed by atoms with Gasteiger partial charge in [0.2, 0.25) is 0 Å². The van der Waals surface area contributed by atoms with Gasteiger partial charge in [-0.05, 0) is 48.9 Å². The van der Waals surface area contributed by atoms with E-state index in [1.807, 2.05) is 23.2 Å². The highest BCUT2D eigenvalue weighted by Gasteiger charge is 2.37. The third kappa shape index (κ3) is 4.27. The first kappa shape index (κ1) is 22.0. The quantitative estimate of drug-likeness (QED) is 0.659. The molecule has 2 fully saturated rings. The number of anilines is 2. The Bertz CT molecular complexity index is 1070. The van der Waals surface area contributed by atoms with Gasteiger partial charge in [0.05, 0.1) is 23.1 Å². The van der Waals surface area contributed by atoms with Crippen LogP contribution in [0.3, 0.4) is 0 Å². The molecule has 2 aromatic rings. The number of nitrogens with zero attached hydrogens (tertiary/aromatic N) is 4. The molecular formula is C24H30N6O2S. The first-order valence-corrected chi connectivity index (χ1v) is 12.7. The second-order valence-corrected chi connectivity index (χ2v) is 9.63. The first-order chi connectivity index (χ1) is 16.1. The van der Waals surface area contributed by atoms with E-state index in [4.69, 9.17) is 4.98 Å². The summed E-state index contributed by atoms with van der Waals surface area (Å²) in [5.74, 6) is -0.0582. The number of piperazine rings is 1. The van der Waals surface area contributed by atoms with Crippen molar-refractivity contribution in [2.24, 2.45) is 0 Å². The van der Waals surface area contributed by atoms with Gasteiger partial charge >= 0.3 is 6.03 Å². The lowest BCUT2D eigenvalue weighted by Gasteiger charge is -2.37. The lowest BCUT2D eigenvalue weighted by atomic mass is 10.1. The molecule has 33 heavy (non-hydrogen) atoms. The molecule has 3 aliphatic heterocycles. The largest absolute Gasteiger partial charge is 0.368 e. The van der Waals surface area contributed by atoms with Gasteiger partial charge in [0.1, 0.15) is 0 Å². The number of urea groups is 1. The van der Waals surface area contributed by atoms with Crippen LogP contribution < -0.4 is 15.5 Å². The predicted molar refractivity (Wildman–Crippen MR) is 131 cm³/mol. The van der Waals surface area contributed by atoms with Gasteiger partial charge in [-0.1, -0.05) is 0 Å². The van der Waals surface area contributed by atoms with Gasteiger partial charge in [-0.15, -0.1) is 11.8 Å². The number of carbonyl (C=O) groups is 2. The molecule has 3 amide bonds. The Morgan fingerprint density at radius 2 is 2.03 bits per heavy atom. The van der Waals surface area contributed by atoms with Crippen molar-refractivity contribution in [3.05, 3.63) is 47.3 Å². The van der Waals surface area contributed by atoms with Gasteiger partial charge in [-0.2, -0.15) is 0 Å². The number of aromatic nitrogens is 1. The van der Waals surface area contributed by atoms with Crippen molar-refractivity contribution in [3.63, 3.8) is 0 Å². The van der Waals surface area contributed by atoms with E-state index in [0.717, 1.165) is 74.0 Å². The lowest BCUT2D eigenvalue weighted by molar-refractivity contribution is 0.0963. The number of amides is 3. The van der Waals surface area contributed by atoms with E-state index >= 15 is 0 Å². The third-order valence-corrected chi connectivity index (χ3v) is 7.60. The SMILES string of the molecule is CNC(=O)c1ccc(N2CCN(Cc3cnc4c(c3)NC(=O)N3CCCC43)CC2)c(SC)c1. The number of rotatable bonds is 5. The summed E-state index contributed by atoms with van der Waals surface area (Å²) in [7, 11) is 1.66. The van der Waals surface area contributed by atoms with Crippen LogP contribution in [-0.4, -0.2) is 72.7 Å². The van der Waals surface area contributed by atoms with E-state index in [1.165, 1.54) is 5.69 Å². The molecular weight excluding hydrogens is 436 g/mol. The Balaban J connectivity index is 1.23.